The van der Waals surface area contributed by atoms with Crippen LogP contribution in [0.25, 0.3) is 0 Å². The lowest BCUT2D eigenvalue weighted by Gasteiger charge is -2.33. The van der Waals surface area contributed by atoms with Gasteiger partial charge in [-0.3, -0.25) is 0 Å². The van der Waals surface area contributed by atoms with E-state index >= 15 is 0 Å². The molecule has 1 aliphatic rings. The lowest BCUT2D eigenvalue weighted by atomic mass is 10.1. The lowest BCUT2D eigenvalue weighted by molar-refractivity contribution is -0.139. The van der Waals surface area contributed by atoms with Gasteiger partial charge in [0, 0.05) is 19.7 Å². The van der Waals surface area contributed by atoms with Gasteiger partial charge in [0.25, 0.3) is 0 Å². The molecule has 1 saturated heterocycles. The number of hydrogen-bond donors (Lipinski definition) is 2. The van der Waals surface area contributed by atoms with E-state index in [1.165, 1.54) is 0 Å². The Labute approximate surface area is 130 Å². The summed E-state index contributed by atoms with van der Waals surface area (Å²) in [5, 5.41) is 11.8. The number of ether oxygens (including phenoxy) is 1. The van der Waals surface area contributed by atoms with E-state index in [-0.39, 0.29) is 12.1 Å². The molecule has 1 rings (SSSR count). The van der Waals surface area contributed by atoms with Gasteiger partial charge in [-0.05, 0) is 37.7 Å². The summed E-state index contributed by atoms with van der Waals surface area (Å²) in [6.45, 7) is 3.95. The molecule has 1 heterocycles. The van der Waals surface area contributed by atoms with Crippen LogP contribution in [0.2, 0.25) is 0 Å². The van der Waals surface area contributed by atoms with E-state index in [0.717, 1.165) is 19.3 Å². The summed E-state index contributed by atoms with van der Waals surface area (Å²) >= 11 is 1.57. The topological polar surface area (TPSA) is 78.9 Å². The van der Waals surface area contributed by atoms with Gasteiger partial charge in [-0.15, -0.1) is 0 Å². The lowest BCUT2D eigenvalue weighted by Crippen LogP contribution is -2.52. The first-order valence-corrected chi connectivity index (χ1v) is 8.86. The highest BCUT2D eigenvalue weighted by Gasteiger charge is 2.27. The van der Waals surface area contributed by atoms with Gasteiger partial charge in [0.05, 0.1) is 6.10 Å². The largest absolute Gasteiger partial charge is 0.480 e. The number of amides is 2. The van der Waals surface area contributed by atoms with E-state index in [9.17, 15) is 9.59 Å². The average molecular weight is 318 g/mol. The van der Waals surface area contributed by atoms with Crippen molar-refractivity contribution in [2.24, 2.45) is 0 Å². The number of nitrogens with one attached hydrogen (secondary N) is 1. The Bertz CT molecular complexity index is 341. The van der Waals surface area contributed by atoms with Crippen LogP contribution in [0, 0.1) is 0 Å². The quantitative estimate of drug-likeness (QED) is 0.713. The molecule has 21 heavy (non-hydrogen) atoms. The van der Waals surface area contributed by atoms with Crippen LogP contribution in [-0.2, 0) is 9.53 Å². The number of piperidine rings is 1. The van der Waals surface area contributed by atoms with Crippen molar-refractivity contribution in [3.8, 4) is 0 Å². The predicted molar refractivity (Wildman–Crippen MR) is 83.8 cm³/mol. The van der Waals surface area contributed by atoms with Crippen LogP contribution in [0.1, 0.15) is 32.6 Å². The van der Waals surface area contributed by atoms with Crippen molar-refractivity contribution in [1.29, 1.82) is 0 Å². The number of aliphatic carboxylic acids is 1. The Morgan fingerprint density at radius 1 is 1.52 bits per heavy atom. The van der Waals surface area contributed by atoms with E-state index in [1.807, 2.05) is 6.26 Å². The van der Waals surface area contributed by atoms with Crippen molar-refractivity contribution in [3.63, 3.8) is 0 Å². The zero-order valence-electron chi connectivity index (χ0n) is 12.8. The van der Waals surface area contributed by atoms with Gasteiger partial charge in [0.2, 0.25) is 0 Å². The number of rotatable bonds is 8. The molecule has 2 atom stereocenters. The molecule has 2 amide bonds. The Morgan fingerprint density at radius 2 is 2.29 bits per heavy atom. The SMILES string of the molecule is CCCOC1CCCN(C(=O)N[C@@H](CCSC)C(=O)O)C1. The fourth-order valence-electron chi connectivity index (χ4n) is 2.28. The fourth-order valence-corrected chi connectivity index (χ4v) is 2.75. The molecule has 6 nitrogen and oxygen atoms in total. The van der Waals surface area contributed by atoms with Crippen LogP contribution >= 0.6 is 11.8 Å². The second kappa shape index (κ2) is 9.89. The average Bonchev–Trinajstić information content (AvgIpc) is 2.49. The van der Waals surface area contributed by atoms with Crippen molar-refractivity contribution in [3.05, 3.63) is 0 Å². The monoisotopic (exact) mass is 318 g/mol. The van der Waals surface area contributed by atoms with Gasteiger partial charge in [0.1, 0.15) is 6.04 Å². The van der Waals surface area contributed by atoms with Gasteiger partial charge >= 0.3 is 12.0 Å². The van der Waals surface area contributed by atoms with Crippen LogP contribution < -0.4 is 5.32 Å². The molecule has 0 radical (unpaired) electrons. The minimum absolute atomic E-state index is 0.0684. The number of carboxylic acid groups (broad SMARTS) is 1. The van der Waals surface area contributed by atoms with E-state index in [1.54, 1.807) is 16.7 Å². The second-order valence-corrected chi connectivity index (χ2v) is 6.19. The molecule has 0 aromatic carbocycles. The fraction of sp³-hybridized carbons (Fsp3) is 0.857. The second-order valence-electron chi connectivity index (χ2n) is 5.20. The smallest absolute Gasteiger partial charge is 0.326 e. The van der Waals surface area contributed by atoms with Gasteiger partial charge < -0.3 is 20.1 Å². The number of likely N-dealkylation sites (tertiary alicyclic amines) is 1. The standard InChI is InChI=1S/C14H26N2O4S/c1-3-8-20-11-5-4-7-16(10-11)14(19)15-12(13(17)18)6-9-21-2/h11-12H,3-10H2,1-2H3,(H,15,19)(H,17,18)/t11?,12-/m0/s1. The Balaban J connectivity index is 2.46. The molecule has 1 unspecified atom stereocenters. The van der Waals surface area contributed by atoms with Gasteiger partial charge in [-0.25, -0.2) is 9.59 Å². The number of nitrogens with zero attached hydrogens (tertiary/aromatic N) is 1. The maximum Gasteiger partial charge on any atom is 0.326 e. The first-order valence-electron chi connectivity index (χ1n) is 7.47. The number of hydrogen-bond acceptors (Lipinski definition) is 4. The molecular weight excluding hydrogens is 292 g/mol. The molecule has 0 aromatic heterocycles. The van der Waals surface area contributed by atoms with Crippen molar-refractivity contribution in [1.82, 2.24) is 10.2 Å². The zero-order valence-corrected chi connectivity index (χ0v) is 13.7. The maximum atomic E-state index is 12.2. The highest BCUT2D eigenvalue weighted by molar-refractivity contribution is 7.98. The van der Waals surface area contributed by atoms with Gasteiger partial charge in [-0.2, -0.15) is 11.8 Å². The number of carboxylic acids is 1. The van der Waals surface area contributed by atoms with Crippen molar-refractivity contribution >= 4 is 23.8 Å². The summed E-state index contributed by atoms with van der Waals surface area (Å²) in [4.78, 5) is 25.0. The first-order chi connectivity index (χ1) is 10.1. The van der Waals surface area contributed by atoms with Crippen LogP contribution in [0.4, 0.5) is 4.79 Å². The summed E-state index contributed by atoms with van der Waals surface area (Å²) in [7, 11) is 0. The summed E-state index contributed by atoms with van der Waals surface area (Å²) in [6.07, 6.45) is 5.23. The minimum Gasteiger partial charge on any atom is -0.480 e. The summed E-state index contributed by atoms with van der Waals surface area (Å²) in [5.41, 5.74) is 0. The third-order valence-corrected chi connectivity index (χ3v) is 4.07. The van der Waals surface area contributed by atoms with E-state index < -0.39 is 12.0 Å². The first kappa shape index (κ1) is 18.1. The molecule has 0 spiro atoms. The summed E-state index contributed by atoms with van der Waals surface area (Å²) in [6, 6.07) is -1.12. The third kappa shape index (κ3) is 6.56. The number of carbonyl (C=O) groups is 2. The van der Waals surface area contributed by atoms with Crippen molar-refractivity contribution < 1.29 is 19.4 Å². The van der Waals surface area contributed by atoms with Crippen molar-refractivity contribution in [2.75, 3.05) is 31.7 Å². The molecule has 0 aliphatic carbocycles. The Kier molecular flexibility index (Phi) is 8.52. The van der Waals surface area contributed by atoms with Crippen LogP contribution in [0.3, 0.4) is 0 Å². The number of urea groups is 1. The third-order valence-electron chi connectivity index (χ3n) is 3.43. The zero-order chi connectivity index (χ0) is 15.7. The molecule has 0 saturated carbocycles. The highest BCUT2D eigenvalue weighted by Crippen LogP contribution is 2.14. The van der Waals surface area contributed by atoms with Crippen LogP contribution in [0.15, 0.2) is 0 Å². The minimum atomic E-state index is -0.979. The normalized spacial score (nSPS) is 20.1. The molecule has 0 aromatic rings. The van der Waals surface area contributed by atoms with Crippen LogP contribution in [0.5, 0.6) is 0 Å². The van der Waals surface area contributed by atoms with Crippen molar-refractivity contribution in [2.45, 2.75) is 44.8 Å². The van der Waals surface area contributed by atoms with E-state index in [2.05, 4.69) is 12.2 Å². The van der Waals surface area contributed by atoms with Gasteiger partial charge in [-0.1, -0.05) is 6.92 Å². The number of carbonyl (C=O) groups excluding carboxylic acids is 1. The molecule has 1 fully saturated rings. The molecule has 0 bridgehead atoms. The molecular formula is C14H26N2O4S. The summed E-state index contributed by atoms with van der Waals surface area (Å²) in [5.74, 6) is -0.271. The summed E-state index contributed by atoms with van der Waals surface area (Å²) < 4.78 is 5.69. The molecule has 122 valence electrons. The molecule has 2 N–H and O–H groups in total. The van der Waals surface area contributed by atoms with E-state index in [4.69, 9.17) is 9.84 Å². The van der Waals surface area contributed by atoms with Gasteiger partial charge in [0.15, 0.2) is 0 Å². The maximum absolute atomic E-state index is 12.2. The Morgan fingerprint density at radius 3 is 2.90 bits per heavy atom. The highest BCUT2D eigenvalue weighted by atomic mass is 32.2. The Hall–Kier alpha value is -0.950. The number of thioether (sulfide) groups is 1. The van der Waals surface area contributed by atoms with E-state index in [0.29, 0.717) is 31.9 Å². The molecule has 1 aliphatic heterocycles. The predicted octanol–water partition coefficient (Wildman–Crippen LogP) is 1.79. The molecule has 7 heteroatoms. The van der Waals surface area contributed by atoms with Crippen LogP contribution in [-0.4, -0.2) is 65.9 Å².